The Balaban J connectivity index is 1.62. The monoisotopic (exact) mass is 368 g/mol. The van der Waals surface area contributed by atoms with E-state index < -0.39 is 17.3 Å². The van der Waals surface area contributed by atoms with E-state index in [0.29, 0.717) is 30.1 Å². The third-order valence-electron chi connectivity index (χ3n) is 4.46. The standard InChI is InChI=1S/C20H17FN2O4/c1-11(12-2-5-17-18(8-12)27-7-6-26-17)22-20(25)15-10-19(24)23-16-9-13(21)3-4-14(15)16/h2-5,8-11H,6-7H2,1H3,(H,22,25)(H,23,24). The van der Waals surface area contributed by atoms with Crippen molar-refractivity contribution in [2.75, 3.05) is 13.2 Å². The van der Waals surface area contributed by atoms with Gasteiger partial charge in [-0.15, -0.1) is 0 Å². The van der Waals surface area contributed by atoms with Crippen molar-refractivity contribution < 1.29 is 18.7 Å². The molecule has 1 aliphatic rings. The number of benzene rings is 2. The molecule has 6 nitrogen and oxygen atoms in total. The van der Waals surface area contributed by atoms with Crippen LogP contribution in [0.3, 0.4) is 0 Å². The molecule has 2 heterocycles. The van der Waals surface area contributed by atoms with Crippen LogP contribution in [-0.2, 0) is 0 Å². The van der Waals surface area contributed by atoms with Gasteiger partial charge in [-0.1, -0.05) is 6.07 Å². The molecule has 2 aromatic carbocycles. The maximum atomic E-state index is 13.4. The molecule has 4 rings (SSSR count). The quantitative estimate of drug-likeness (QED) is 0.745. The largest absolute Gasteiger partial charge is 0.486 e. The Labute approximate surface area is 153 Å². The SMILES string of the molecule is CC(NC(=O)c1cc(=O)[nH]c2cc(F)ccc12)c1ccc2c(c1)OCCO2. The number of nitrogens with one attached hydrogen (secondary N) is 2. The molecule has 0 bridgehead atoms. The number of ether oxygens (including phenoxy) is 2. The molecular weight excluding hydrogens is 351 g/mol. The van der Waals surface area contributed by atoms with Crippen LogP contribution in [0.15, 0.2) is 47.3 Å². The van der Waals surface area contributed by atoms with Gasteiger partial charge in [-0.3, -0.25) is 9.59 Å². The van der Waals surface area contributed by atoms with E-state index in [1.54, 1.807) is 6.07 Å². The number of fused-ring (bicyclic) bond motifs is 2. The van der Waals surface area contributed by atoms with Gasteiger partial charge in [-0.2, -0.15) is 0 Å². The second-order valence-corrected chi connectivity index (χ2v) is 6.34. The van der Waals surface area contributed by atoms with Crippen LogP contribution >= 0.6 is 0 Å². The van der Waals surface area contributed by atoms with Crippen LogP contribution < -0.4 is 20.3 Å². The van der Waals surface area contributed by atoms with Gasteiger partial charge in [0.2, 0.25) is 5.56 Å². The van der Waals surface area contributed by atoms with Gasteiger partial charge in [-0.25, -0.2) is 4.39 Å². The fraction of sp³-hybridized carbons (Fsp3) is 0.200. The van der Waals surface area contributed by atoms with Crippen molar-refractivity contribution in [2.45, 2.75) is 13.0 Å². The summed E-state index contributed by atoms with van der Waals surface area (Å²) in [4.78, 5) is 27.1. The molecule has 1 atom stereocenters. The van der Waals surface area contributed by atoms with Crippen LogP contribution in [0.1, 0.15) is 28.9 Å². The Morgan fingerprint density at radius 1 is 1.11 bits per heavy atom. The Morgan fingerprint density at radius 3 is 2.70 bits per heavy atom. The summed E-state index contributed by atoms with van der Waals surface area (Å²) in [5, 5.41) is 3.35. The number of rotatable bonds is 3. The van der Waals surface area contributed by atoms with Gasteiger partial charge < -0.3 is 19.8 Å². The Bertz CT molecular complexity index is 1090. The predicted octanol–water partition coefficient (Wildman–Crippen LogP) is 2.93. The summed E-state index contributed by atoms with van der Waals surface area (Å²) in [7, 11) is 0. The molecule has 1 unspecified atom stereocenters. The van der Waals surface area contributed by atoms with E-state index in [9.17, 15) is 14.0 Å². The third kappa shape index (κ3) is 3.36. The Morgan fingerprint density at radius 2 is 1.89 bits per heavy atom. The molecule has 3 aromatic rings. The number of aromatic nitrogens is 1. The smallest absolute Gasteiger partial charge is 0.252 e. The number of pyridine rings is 1. The summed E-state index contributed by atoms with van der Waals surface area (Å²) >= 11 is 0. The van der Waals surface area contributed by atoms with Crippen molar-refractivity contribution in [3.05, 3.63) is 69.8 Å². The fourth-order valence-electron chi connectivity index (χ4n) is 3.11. The minimum atomic E-state index is -0.486. The highest BCUT2D eigenvalue weighted by atomic mass is 19.1. The van der Waals surface area contributed by atoms with Crippen LogP contribution in [0.5, 0.6) is 11.5 Å². The second kappa shape index (κ2) is 6.75. The normalized spacial score (nSPS) is 14.0. The van der Waals surface area contributed by atoms with Gasteiger partial charge in [0.05, 0.1) is 17.1 Å². The first kappa shape index (κ1) is 17.1. The van der Waals surface area contributed by atoms with Crippen molar-refractivity contribution in [3.63, 3.8) is 0 Å². The molecule has 0 aliphatic carbocycles. The van der Waals surface area contributed by atoms with Crippen molar-refractivity contribution >= 4 is 16.8 Å². The summed E-state index contributed by atoms with van der Waals surface area (Å²) in [5.74, 6) is 0.406. The summed E-state index contributed by atoms with van der Waals surface area (Å²) in [6, 6.07) is 10.3. The van der Waals surface area contributed by atoms with Gasteiger partial charge >= 0.3 is 0 Å². The van der Waals surface area contributed by atoms with Crippen LogP contribution in [0, 0.1) is 5.82 Å². The Kier molecular flexibility index (Phi) is 4.27. The molecule has 2 N–H and O–H groups in total. The topological polar surface area (TPSA) is 80.4 Å². The first-order valence-electron chi connectivity index (χ1n) is 8.54. The highest BCUT2D eigenvalue weighted by molar-refractivity contribution is 6.06. The highest BCUT2D eigenvalue weighted by Crippen LogP contribution is 2.32. The van der Waals surface area contributed by atoms with E-state index in [-0.39, 0.29) is 17.1 Å². The second-order valence-electron chi connectivity index (χ2n) is 6.34. The van der Waals surface area contributed by atoms with Crippen LogP contribution in [0.2, 0.25) is 0 Å². The molecule has 0 radical (unpaired) electrons. The zero-order valence-electron chi connectivity index (χ0n) is 14.5. The van der Waals surface area contributed by atoms with Gasteiger partial charge in [0.15, 0.2) is 11.5 Å². The lowest BCUT2D eigenvalue weighted by Gasteiger charge is -2.21. The average Bonchev–Trinajstić information content (AvgIpc) is 2.66. The average molecular weight is 368 g/mol. The minimum Gasteiger partial charge on any atom is -0.486 e. The highest BCUT2D eigenvalue weighted by Gasteiger charge is 2.18. The zero-order valence-corrected chi connectivity index (χ0v) is 14.5. The lowest BCUT2D eigenvalue weighted by molar-refractivity contribution is 0.0941. The van der Waals surface area contributed by atoms with E-state index in [1.807, 2.05) is 19.1 Å². The molecule has 1 aromatic heterocycles. The van der Waals surface area contributed by atoms with Crippen molar-refractivity contribution in [1.82, 2.24) is 10.3 Å². The first-order chi connectivity index (χ1) is 13.0. The van der Waals surface area contributed by atoms with Crippen LogP contribution in [-0.4, -0.2) is 24.1 Å². The minimum absolute atomic E-state index is 0.193. The van der Waals surface area contributed by atoms with Gasteiger partial charge in [0.1, 0.15) is 19.0 Å². The first-order valence-corrected chi connectivity index (χ1v) is 8.54. The molecule has 0 fully saturated rings. The summed E-state index contributed by atoms with van der Waals surface area (Å²) < 4.78 is 24.5. The number of amides is 1. The molecule has 1 aliphatic heterocycles. The molecular formula is C20H17FN2O4. The molecule has 0 saturated carbocycles. The molecule has 7 heteroatoms. The number of aromatic amines is 1. The number of halogens is 1. The van der Waals surface area contributed by atoms with Crippen molar-refractivity contribution in [2.24, 2.45) is 0 Å². The van der Waals surface area contributed by atoms with Crippen LogP contribution in [0.25, 0.3) is 10.9 Å². The number of hydrogen-bond donors (Lipinski definition) is 2. The van der Waals surface area contributed by atoms with E-state index in [4.69, 9.17) is 9.47 Å². The lowest BCUT2D eigenvalue weighted by Crippen LogP contribution is -2.28. The molecule has 138 valence electrons. The molecule has 0 spiro atoms. The third-order valence-corrected chi connectivity index (χ3v) is 4.46. The van der Waals surface area contributed by atoms with Crippen molar-refractivity contribution in [3.8, 4) is 11.5 Å². The summed E-state index contributed by atoms with van der Waals surface area (Å²) in [6.45, 7) is 2.82. The van der Waals surface area contributed by atoms with Crippen molar-refractivity contribution in [1.29, 1.82) is 0 Å². The number of H-pyrrole nitrogens is 1. The fourth-order valence-corrected chi connectivity index (χ4v) is 3.11. The number of hydrogen-bond acceptors (Lipinski definition) is 4. The van der Waals surface area contributed by atoms with Crippen LogP contribution in [0.4, 0.5) is 4.39 Å². The van der Waals surface area contributed by atoms with E-state index in [2.05, 4.69) is 10.3 Å². The zero-order chi connectivity index (χ0) is 19.0. The van der Waals surface area contributed by atoms with Gasteiger partial charge in [0, 0.05) is 11.5 Å². The van der Waals surface area contributed by atoms with Gasteiger partial charge in [-0.05, 0) is 42.8 Å². The summed E-state index contributed by atoms with van der Waals surface area (Å²) in [5.41, 5.74) is 0.843. The number of carbonyl (C=O) groups is 1. The Hall–Kier alpha value is -3.35. The van der Waals surface area contributed by atoms with E-state index in [0.717, 1.165) is 5.56 Å². The molecule has 1 amide bonds. The maximum Gasteiger partial charge on any atom is 0.252 e. The molecule has 0 saturated heterocycles. The maximum absolute atomic E-state index is 13.4. The number of carbonyl (C=O) groups excluding carboxylic acids is 1. The van der Waals surface area contributed by atoms with E-state index in [1.165, 1.54) is 24.3 Å². The molecule has 27 heavy (non-hydrogen) atoms. The lowest BCUT2D eigenvalue weighted by atomic mass is 10.1. The van der Waals surface area contributed by atoms with E-state index >= 15 is 0 Å². The summed E-state index contributed by atoms with van der Waals surface area (Å²) in [6.07, 6.45) is 0. The van der Waals surface area contributed by atoms with Gasteiger partial charge in [0.25, 0.3) is 5.91 Å². The predicted molar refractivity (Wildman–Crippen MR) is 97.8 cm³/mol.